The fourth-order valence-electron chi connectivity index (χ4n) is 2.40. The number of nitrogens with one attached hydrogen (secondary N) is 2. The summed E-state index contributed by atoms with van der Waals surface area (Å²) in [5, 5.41) is 3.82. The van der Waals surface area contributed by atoms with Crippen LogP contribution in [0.15, 0.2) is 35.4 Å². The van der Waals surface area contributed by atoms with Crippen LogP contribution < -0.4 is 10.0 Å². The molecular weight excluding hydrogens is 384 g/mol. The first-order chi connectivity index (χ1) is 12.6. The number of aryl methyl sites for hydroxylation is 1. The molecule has 0 aliphatic rings. The van der Waals surface area contributed by atoms with Crippen LogP contribution in [0.4, 0.5) is 5.69 Å². The number of hydrogen-bond donors (Lipinski definition) is 2. The number of carbonyl (C=O) groups excluding carboxylic acids is 1. The van der Waals surface area contributed by atoms with Gasteiger partial charge in [-0.15, -0.1) is 11.3 Å². The van der Waals surface area contributed by atoms with E-state index in [1.807, 2.05) is 32.0 Å². The fourth-order valence-corrected chi connectivity index (χ4v) is 4.51. The van der Waals surface area contributed by atoms with Gasteiger partial charge in [-0.3, -0.25) is 9.69 Å². The second kappa shape index (κ2) is 8.92. The number of thiazole rings is 1. The zero-order chi connectivity index (χ0) is 20.2. The van der Waals surface area contributed by atoms with E-state index in [4.69, 9.17) is 0 Å². The van der Waals surface area contributed by atoms with Crippen molar-refractivity contribution < 1.29 is 13.2 Å². The predicted octanol–water partition coefficient (Wildman–Crippen LogP) is 2.60. The molecule has 2 N–H and O–H groups in total. The lowest BCUT2D eigenvalue weighted by molar-refractivity contribution is -0.120. The van der Waals surface area contributed by atoms with Gasteiger partial charge in [-0.25, -0.2) is 18.1 Å². The van der Waals surface area contributed by atoms with Crippen LogP contribution >= 0.6 is 11.3 Å². The van der Waals surface area contributed by atoms with Gasteiger partial charge in [0.25, 0.3) is 0 Å². The molecule has 148 valence electrons. The minimum atomic E-state index is -3.54. The SMILES string of the molecule is Cc1ncc(CN(C)[C@@H](C)C(=O)Nc2ccc(S(=O)(=O)NC(C)C)cc2)s1. The topological polar surface area (TPSA) is 91.4 Å². The van der Waals surface area contributed by atoms with Crippen molar-refractivity contribution in [2.45, 2.75) is 51.2 Å². The van der Waals surface area contributed by atoms with E-state index < -0.39 is 10.0 Å². The summed E-state index contributed by atoms with van der Waals surface area (Å²) in [5.41, 5.74) is 0.553. The summed E-state index contributed by atoms with van der Waals surface area (Å²) in [6.45, 7) is 7.94. The van der Waals surface area contributed by atoms with E-state index in [0.717, 1.165) is 9.88 Å². The first-order valence-corrected chi connectivity index (χ1v) is 10.9. The van der Waals surface area contributed by atoms with Gasteiger partial charge in [-0.05, 0) is 59.0 Å². The lowest BCUT2D eigenvalue weighted by atomic mass is 10.2. The van der Waals surface area contributed by atoms with Gasteiger partial charge >= 0.3 is 0 Å². The highest BCUT2D eigenvalue weighted by Gasteiger charge is 2.20. The van der Waals surface area contributed by atoms with Crippen LogP contribution in [-0.4, -0.2) is 43.3 Å². The molecule has 1 atom stereocenters. The third-order valence-electron chi connectivity index (χ3n) is 3.94. The third kappa shape index (κ3) is 6.10. The number of carbonyl (C=O) groups is 1. The van der Waals surface area contributed by atoms with Crippen molar-refractivity contribution in [1.29, 1.82) is 0 Å². The lowest BCUT2D eigenvalue weighted by Gasteiger charge is -2.23. The molecule has 7 nitrogen and oxygen atoms in total. The molecule has 1 heterocycles. The molecule has 2 rings (SSSR count). The maximum atomic E-state index is 12.5. The Morgan fingerprint density at radius 1 is 1.22 bits per heavy atom. The minimum absolute atomic E-state index is 0.158. The summed E-state index contributed by atoms with van der Waals surface area (Å²) in [5.74, 6) is -0.158. The van der Waals surface area contributed by atoms with Crippen LogP contribution in [0, 0.1) is 6.92 Å². The van der Waals surface area contributed by atoms with E-state index in [-0.39, 0.29) is 22.9 Å². The summed E-state index contributed by atoms with van der Waals surface area (Å²) < 4.78 is 26.8. The predicted molar refractivity (Wildman–Crippen MR) is 108 cm³/mol. The van der Waals surface area contributed by atoms with Crippen molar-refractivity contribution in [3.63, 3.8) is 0 Å². The van der Waals surface area contributed by atoms with Crippen LogP contribution in [0.25, 0.3) is 0 Å². The second-order valence-corrected chi connectivity index (χ2v) is 9.76. The summed E-state index contributed by atoms with van der Waals surface area (Å²) >= 11 is 1.61. The molecule has 0 aliphatic carbocycles. The molecule has 0 radical (unpaired) electrons. The van der Waals surface area contributed by atoms with Crippen LogP contribution in [0.3, 0.4) is 0 Å². The van der Waals surface area contributed by atoms with Gasteiger partial charge in [0.15, 0.2) is 0 Å². The molecule has 0 aliphatic heterocycles. The molecule has 0 fully saturated rings. The molecule has 2 aromatic rings. The smallest absolute Gasteiger partial charge is 0.241 e. The zero-order valence-corrected chi connectivity index (χ0v) is 17.8. The lowest BCUT2D eigenvalue weighted by Crippen LogP contribution is -2.39. The maximum Gasteiger partial charge on any atom is 0.241 e. The van der Waals surface area contributed by atoms with Crippen molar-refractivity contribution in [3.05, 3.63) is 40.3 Å². The van der Waals surface area contributed by atoms with Crippen molar-refractivity contribution in [1.82, 2.24) is 14.6 Å². The average Bonchev–Trinajstić information content (AvgIpc) is 2.98. The molecule has 0 bridgehead atoms. The molecule has 9 heteroatoms. The Morgan fingerprint density at radius 3 is 2.37 bits per heavy atom. The van der Waals surface area contributed by atoms with Crippen molar-refractivity contribution in [2.24, 2.45) is 0 Å². The minimum Gasteiger partial charge on any atom is -0.325 e. The van der Waals surface area contributed by atoms with E-state index >= 15 is 0 Å². The normalized spacial score (nSPS) is 13.1. The first-order valence-electron chi connectivity index (χ1n) is 8.63. The zero-order valence-electron chi connectivity index (χ0n) is 16.2. The molecule has 1 aromatic heterocycles. The molecule has 0 saturated carbocycles. The van der Waals surface area contributed by atoms with Gasteiger partial charge in [0.05, 0.1) is 15.9 Å². The first kappa shape index (κ1) is 21.5. The van der Waals surface area contributed by atoms with Gasteiger partial charge in [-0.1, -0.05) is 0 Å². The molecular formula is C18H26N4O3S2. The Morgan fingerprint density at radius 2 is 1.85 bits per heavy atom. The van der Waals surface area contributed by atoms with E-state index in [9.17, 15) is 13.2 Å². The summed E-state index contributed by atoms with van der Waals surface area (Å²) in [4.78, 5) is 19.9. The highest BCUT2D eigenvalue weighted by molar-refractivity contribution is 7.89. The molecule has 0 spiro atoms. The number of rotatable bonds is 8. The monoisotopic (exact) mass is 410 g/mol. The van der Waals surface area contributed by atoms with Crippen LogP contribution in [0.5, 0.6) is 0 Å². The van der Waals surface area contributed by atoms with Gasteiger partial charge in [0.1, 0.15) is 0 Å². The van der Waals surface area contributed by atoms with Crippen LogP contribution in [0.1, 0.15) is 30.7 Å². The molecule has 1 aromatic carbocycles. The van der Waals surface area contributed by atoms with E-state index in [1.165, 1.54) is 12.1 Å². The molecule has 0 unspecified atom stereocenters. The van der Waals surface area contributed by atoms with Crippen molar-refractivity contribution >= 4 is 33.0 Å². The number of nitrogens with zero attached hydrogens (tertiary/aromatic N) is 2. The van der Waals surface area contributed by atoms with Gasteiger partial charge in [-0.2, -0.15) is 0 Å². The molecule has 0 saturated heterocycles. The highest BCUT2D eigenvalue weighted by atomic mass is 32.2. The van der Waals surface area contributed by atoms with Crippen LogP contribution in [-0.2, 0) is 21.4 Å². The summed E-state index contributed by atoms with van der Waals surface area (Å²) in [6.07, 6.45) is 1.82. The van der Waals surface area contributed by atoms with Crippen molar-refractivity contribution in [2.75, 3.05) is 12.4 Å². The Kier molecular flexibility index (Phi) is 7.10. The Hall–Kier alpha value is -1.81. The van der Waals surface area contributed by atoms with Gasteiger partial charge in [0, 0.05) is 29.3 Å². The number of anilines is 1. The number of benzene rings is 1. The number of likely N-dealkylation sites (N-methyl/N-ethyl adjacent to an activating group) is 1. The Bertz CT molecular complexity index is 876. The van der Waals surface area contributed by atoms with Gasteiger partial charge in [0.2, 0.25) is 15.9 Å². The maximum absolute atomic E-state index is 12.5. The Balaban J connectivity index is 1.98. The number of aromatic nitrogens is 1. The summed E-state index contributed by atoms with van der Waals surface area (Å²) in [6, 6.07) is 5.60. The van der Waals surface area contributed by atoms with E-state index in [1.54, 1.807) is 37.3 Å². The number of hydrogen-bond acceptors (Lipinski definition) is 6. The van der Waals surface area contributed by atoms with Crippen molar-refractivity contribution in [3.8, 4) is 0 Å². The average molecular weight is 411 g/mol. The van der Waals surface area contributed by atoms with E-state index in [0.29, 0.717) is 12.2 Å². The quantitative estimate of drug-likeness (QED) is 0.698. The molecule has 27 heavy (non-hydrogen) atoms. The highest BCUT2D eigenvalue weighted by Crippen LogP contribution is 2.17. The van der Waals surface area contributed by atoms with Gasteiger partial charge < -0.3 is 5.32 Å². The second-order valence-electron chi connectivity index (χ2n) is 6.73. The molecule has 1 amide bonds. The third-order valence-corrected chi connectivity index (χ3v) is 6.51. The van der Waals surface area contributed by atoms with Crippen LogP contribution in [0.2, 0.25) is 0 Å². The number of amides is 1. The fraction of sp³-hybridized carbons (Fsp3) is 0.444. The number of sulfonamides is 1. The largest absolute Gasteiger partial charge is 0.325 e. The Labute approximate surface area is 164 Å². The standard InChI is InChI=1S/C18H26N4O3S2/c1-12(2)21-27(24,25)17-8-6-15(7-9-17)20-18(23)13(3)22(5)11-16-10-19-14(4)26-16/h6-10,12-13,21H,11H2,1-5H3,(H,20,23)/t13-/m0/s1. The summed E-state index contributed by atoms with van der Waals surface area (Å²) in [7, 11) is -1.66. The van der Waals surface area contributed by atoms with E-state index in [2.05, 4.69) is 15.0 Å².